The quantitative estimate of drug-likeness (QED) is 0.843. The molecule has 0 atom stereocenters. The van der Waals surface area contributed by atoms with E-state index < -0.39 is 9.84 Å². The van der Waals surface area contributed by atoms with Crippen molar-refractivity contribution in [1.82, 2.24) is 0 Å². The molecule has 0 bridgehead atoms. The third-order valence-electron chi connectivity index (χ3n) is 3.44. The van der Waals surface area contributed by atoms with Crippen LogP contribution in [0.5, 0.6) is 0 Å². The van der Waals surface area contributed by atoms with Gasteiger partial charge in [0.25, 0.3) is 0 Å². The molecule has 0 amide bonds. The van der Waals surface area contributed by atoms with Crippen molar-refractivity contribution in [2.24, 2.45) is 0 Å². The first-order chi connectivity index (χ1) is 9.60. The predicted molar refractivity (Wildman–Crippen MR) is 82.8 cm³/mol. The Hall–Kier alpha value is -1.26. The number of rotatable bonds is 5. The van der Waals surface area contributed by atoms with Gasteiger partial charge in [-0.2, -0.15) is 0 Å². The highest BCUT2D eigenvalue weighted by Gasteiger charge is 2.47. The number of sulfone groups is 1. The number of thioether (sulfide) groups is 1. The Kier molecular flexibility index (Phi) is 3.61. The third-order valence-corrected chi connectivity index (χ3v) is 7.04. The summed E-state index contributed by atoms with van der Waals surface area (Å²) < 4.78 is 24.8. The van der Waals surface area contributed by atoms with E-state index >= 15 is 0 Å². The zero-order valence-corrected chi connectivity index (χ0v) is 12.7. The fourth-order valence-corrected chi connectivity index (χ4v) is 5.73. The van der Waals surface area contributed by atoms with Gasteiger partial charge in [0, 0.05) is 9.64 Å². The van der Waals surface area contributed by atoms with Crippen molar-refractivity contribution in [3.05, 3.63) is 60.7 Å². The van der Waals surface area contributed by atoms with Gasteiger partial charge in [-0.3, -0.25) is 0 Å². The minimum atomic E-state index is -3.20. The highest BCUT2D eigenvalue weighted by atomic mass is 32.2. The summed E-state index contributed by atoms with van der Waals surface area (Å²) >= 11 is 1.70. The van der Waals surface area contributed by atoms with Crippen LogP contribution in [-0.4, -0.2) is 18.9 Å². The molecule has 104 valence electrons. The molecule has 0 saturated heterocycles. The summed E-state index contributed by atoms with van der Waals surface area (Å²) in [5.74, 6) is 0.226. The first kappa shape index (κ1) is 13.7. The Morgan fingerprint density at radius 1 is 0.900 bits per heavy atom. The van der Waals surface area contributed by atoms with E-state index in [0.29, 0.717) is 4.90 Å². The molecule has 2 aromatic rings. The SMILES string of the molecule is O=S(=O)(CC1(Sc2ccccc2)CC1)c1ccccc1. The van der Waals surface area contributed by atoms with Crippen LogP contribution in [0.1, 0.15) is 12.8 Å². The van der Waals surface area contributed by atoms with Gasteiger partial charge in [-0.1, -0.05) is 36.4 Å². The molecule has 0 aliphatic heterocycles. The maximum absolute atomic E-state index is 12.5. The van der Waals surface area contributed by atoms with Crippen LogP contribution in [0.3, 0.4) is 0 Å². The lowest BCUT2D eigenvalue weighted by atomic mass is 10.4. The summed E-state index contributed by atoms with van der Waals surface area (Å²) in [6.45, 7) is 0. The van der Waals surface area contributed by atoms with Gasteiger partial charge in [0.05, 0.1) is 10.6 Å². The largest absolute Gasteiger partial charge is 0.224 e. The molecule has 0 unspecified atom stereocenters. The van der Waals surface area contributed by atoms with E-state index in [9.17, 15) is 8.42 Å². The lowest BCUT2D eigenvalue weighted by molar-refractivity contribution is 0.594. The van der Waals surface area contributed by atoms with Crippen LogP contribution in [-0.2, 0) is 9.84 Å². The van der Waals surface area contributed by atoms with E-state index in [1.165, 1.54) is 0 Å². The van der Waals surface area contributed by atoms with Gasteiger partial charge in [0.15, 0.2) is 9.84 Å². The molecule has 1 aliphatic carbocycles. The van der Waals surface area contributed by atoms with Crippen LogP contribution in [0.4, 0.5) is 0 Å². The molecule has 20 heavy (non-hydrogen) atoms. The molecule has 3 rings (SSSR count). The monoisotopic (exact) mass is 304 g/mol. The van der Waals surface area contributed by atoms with Crippen molar-refractivity contribution in [2.75, 3.05) is 5.75 Å². The molecule has 0 heterocycles. The summed E-state index contributed by atoms with van der Waals surface area (Å²) in [6.07, 6.45) is 1.94. The minimum Gasteiger partial charge on any atom is -0.224 e. The fourth-order valence-electron chi connectivity index (χ4n) is 2.21. The summed E-state index contributed by atoms with van der Waals surface area (Å²) in [5.41, 5.74) is 0. The van der Waals surface area contributed by atoms with Gasteiger partial charge < -0.3 is 0 Å². The zero-order chi connectivity index (χ0) is 14.1. The fraction of sp³-hybridized carbons (Fsp3) is 0.250. The standard InChI is InChI=1S/C16H16O2S2/c17-20(18,15-9-5-2-6-10-15)13-16(11-12-16)19-14-7-3-1-4-8-14/h1-10H,11-13H2. The maximum Gasteiger partial charge on any atom is 0.179 e. The third kappa shape index (κ3) is 3.07. The number of hydrogen-bond donors (Lipinski definition) is 0. The molecule has 2 nitrogen and oxygen atoms in total. The summed E-state index contributed by atoms with van der Waals surface area (Å²) in [6, 6.07) is 18.8. The minimum absolute atomic E-state index is 0.129. The van der Waals surface area contributed by atoms with Crippen LogP contribution in [0.25, 0.3) is 0 Å². The second-order valence-corrected chi connectivity index (χ2v) is 8.70. The Morgan fingerprint density at radius 2 is 1.45 bits per heavy atom. The van der Waals surface area contributed by atoms with E-state index in [0.717, 1.165) is 17.7 Å². The van der Waals surface area contributed by atoms with E-state index in [1.807, 2.05) is 36.4 Å². The first-order valence-electron chi connectivity index (χ1n) is 6.62. The molecule has 2 aromatic carbocycles. The topological polar surface area (TPSA) is 34.1 Å². The first-order valence-corrected chi connectivity index (χ1v) is 9.09. The van der Waals surface area contributed by atoms with Crippen molar-refractivity contribution in [1.29, 1.82) is 0 Å². The normalized spacial score (nSPS) is 16.8. The average molecular weight is 304 g/mol. The number of hydrogen-bond acceptors (Lipinski definition) is 3. The average Bonchev–Trinajstić information content (AvgIpc) is 3.19. The lowest BCUT2D eigenvalue weighted by Crippen LogP contribution is -2.19. The molecule has 0 spiro atoms. The molecule has 0 radical (unpaired) electrons. The van der Waals surface area contributed by atoms with E-state index in [2.05, 4.69) is 0 Å². The van der Waals surface area contributed by atoms with E-state index in [1.54, 1.807) is 36.0 Å². The van der Waals surface area contributed by atoms with Crippen molar-refractivity contribution in [3.63, 3.8) is 0 Å². The van der Waals surface area contributed by atoms with Crippen LogP contribution in [0.15, 0.2) is 70.5 Å². The van der Waals surface area contributed by atoms with Crippen molar-refractivity contribution < 1.29 is 8.42 Å². The van der Waals surface area contributed by atoms with Crippen molar-refractivity contribution >= 4 is 21.6 Å². The van der Waals surface area contributed by atoms with Crippen LogP contribution in [0.2, 0.25) is 0 Å². The van der Waals surface area contributed by atoms with Gasteiger partial charge in [-0.15, -0.1) is 11.8 Å². The summed E-state index contributed by atoms with van der Waals surface area (Å²) in [4.78, 5) is 1.58. The highest BCUT2D eigenvalue weighted by Crippen LogP contribution is 2.52. The van der Waals surface area contributed by atoms with Gasteiger partial charge in [-0.05, 0) is 37.1 Å². The molecule has 4 heteroatoms. The van der Waals surface area contributed by atoms with Crippen molar-refractivity contribution in [2.45, 2.75) is 27.4 Å². The van der Waals surface area contributed by atoms with Gasteiger partial charge in [0.1, 0.15) is 0 Å². The molecular weight excluding hydrogens is 288 g/mol. The Balaban J connectivity index is 1.77. The van der Waals surface area contributed by atoms with E-state index in [4.69, 9.17) is 0 Å². The van der Waals surface area contributed by atoms with Crippen LogP contribution < -0.4 is 0 Å². The van der Waals surface area contributed by atoms with Crippen molar-refractivity contribution in [3.8, 4) is 0 Å². The van der Waals surface area contributed by atoms with Crippen LogP contribution >= 0.6 is 11.8 Å². The molecule has 0 N–H and O–H groups in total. The Bertz CT molecular complexity index is 675. The molecular formula is C16H16O2S2. The number of benzene rings is 2. The summed E-state index contributed by atoms with van der Waals surface area (Å²) in [7, 11) is -3.20. The molecule has 1 aliphatic rings. The predicted octanol–water partition coefficient (Wildman–Crippen LogP) is 3.79. The second kappa shape index (κ2) is 5.26. The molecule has 1 fully saturated rings. The Labute approximate surface area is 124 Å². The summed E-state index contributed by atoms with van der Waals surface area (Å²) in [5, 5.41) is 0. The Morgan fingerprint density at radius 3 is 2.00 bits per heavy atom. The molecule has 0 aromatic heterocycles. The van der Waals surface area contributed by atoms with E-state index in [-0.39, 0.29) is 10.5 Å². The second-order valence-electron chi connectivity index (χ2n) is 5.17. The highest BCUT2D eigenvalue weighted by molar-refractivity contribution is 8.02. The van der Waals surface area contributed by atoms with Crippen LogP contribution in [0, 0.1) is 0 Å². The molecule has 1 saturated carbocycles. The zero-order valence-electron chi connectivity index (χ0n) is 11.0. The van der Waals surface area contributed by atoms with Gasteiger partial charge >= 0.3 is 0 Å². The lowest BCUT2D eigenvalue weighted by Gasteiger charge is -2.15. The van der Waals surface area contributed by atoms with Gasteiger partial charge in [-0.25, -0.2) is 8.42 Å². The smallest absolute Gasteiger partial charge is 0.179 e. The maximum atomic E-state index is 12.5. The van der Waals surface area contributed by atoms with Gasteiger partial charge in [0.2, 0.25) is 0 Å².